The molecule has 0 radical (unpaired) electrons. The van der Waals surface area contributed by atoms with Crippen LogP contribution in [-0.4, -0.2) is 48.3 Å². The Hall–Kier alpha value is -2.84. The first kappa shape index (κ1) is 22.8. The maximum Gasteiger partial charge on any atom is 0.292 e. The summed E-state index contributed by atoms with van der Waals surface area (Å²) in [6.45, 7) is 0.914. The van der Waals surface area contributed by atoms with Crippen molar-refractivity contribution in [3.63, 3.8) is 0 Å². The van der Waals surface area contributed by atoms with Gasteiger partial charge >= 0.3 is 0 Å². The van der Waals surface area contributed by atoms with Crippen molar-refractivity contribution in [2.45, 2.75) is 12.8 Å². The number of carbonyl (C=O) groups is 2. The molecule has 2 amide bonds. The van der Waals surface area contributed by atoms with Crippen molar-refractivity contribution in [1.82, 2.24) is 4.90 Å². The molecule has 10 heteroatoms. The fraction of sp³-hybridized carbons (Fsp3) is 0.333. The molecule has 1 heterocycles. The van der Waals surface area contributed by atoms with Gasteiger partial charge in [0.15, 0.2) is 0 Å². The van der Waals surface area contributed by atoms with Crippen LogP contribution in [0.25, 0.3) is 0 Å². The van der Waals surface area contributed by atoms with Gasteiger partial charge in [-0.05, 0) is 31.0 Å². The average Bonchev–Trinajstić information content (AvgIpc) is 2.76. The molecule has 2 aromatic carbocycles. The number of nitro groups is 1. The third-order valence-corrected chi connectivity index (χ3v) is 5.88. The van der Waals surface area contributed by atoms with E-state index in [1.807, 2.05) is 4.90 Å². The number of rotatable bonds is 6. The minimum Gasteiger partial charge on any atom is -0.366 e. The third kappa shape index (κ3) is 5.45. The Kier molecular flexibility index (Phi) is 7.35. The molecular formula is C21H22Cl2N4O4. The van der Waals surface area contributed by atoms with Crippen LogP contribution in [0.15, 0.2) is 42.5 Å². The summed E-state index contributed by atoms with van der Waals surface area (Å²) in [7, 11) is 1.57. The first-order valence-electron chi connectivity index (χ1n) is 9.75. The molecule has 1 saturated heterocycles. The molecule has 1 aliphatic heterocycles. The van der Waals surface area contributed by atoms with Crippen LogP contribution in [0.5, 0.6) is 0 Å². The number of nitrogens with one attached hydrogen (secondary N) is 1. The molecule has 31 heavy (non-hydrogen) atoms. The summed E-state index contributed by atoms with van der Waals surface area (Å²) in [6.07, 6.45) is 1.10. The van der Waals surface area contributed by atoms with E-state index in [4.69, 9.17) is 23.2 Å². The number of piperidine rings is 1. The number of para-hydroxylation sites is 3. The molecule has 2 aromatic rings. The molecule has 0 spiro atoms. The number of likely N-dealkylation sites (N-methyl/N-ethyl adjacent to an activating group) is 1. The van der Waals surface area contributed by atoms with Gasteiger partial charge in [-0.3, -0.25) is 19.7 Å². The molecule has 0 unspecified atom stereocenters. The Morgan fingerprint density at radius 2 is 1.74 bits per heavy atom. The van der Waals surface area contributed by atoms with Crippen LogP contribution in [0.1, 0.15) is 12.8 Å². The lowest BCUT2D eigenvalue weighted by Crippen LogP contribution is -2.43. The van der Waals surface area contributed by atoms with Crippen molar-refractivity contribution < 1.29 is 14.5 Å². The molecule has 8 nitrogen and oxygen atoms in total. The summed E-state index contributed by atoms with van der Waals surface area (Å²) in [5.74, 6) is -0.786. The zero-order chi connectivity index (χ0) is 22.5. The number of hydrogen-bond acceptors (Lipinski definition) is 5. The second-order valence-electron chi connectivity index (χ2n) is 7.35. The van der Waals surface area contributed by atoms with Crippen molar-refractivity contribution in [3.05, 3.63) is 62.6 Å². The summed E-state index contributed by atoms with van der Waals surface area (Å²) in [6, 6.07) is 11.5. The predicted octanol–water partition coefficient (Wildman–Crippen LogP) is 4.22. The molecule has 3 rings (SSSR count). The van der Waals surface area contributed by atoms with Gasteiger partial charge in [0.25, 0.3) is 5.69 Å². The first-order chi connectivity index (χ1) is 14.8. The predicted molar refractivity (Wildman–Crippen MR) is 121 cm³/mol. The van der Waals surface area contributed by atoms with Gasteiger partial charge in [-0.1, -0.05) is 41.4 Å². The summed E-state index contributed by atoms with van der Waals surface area (Å²) in [5, 5.41) is 14.5. The monoisotopic (exact) mass is 464 g/mol. The Labute approximate surface area is 189 Å². The Morgan fingerprint density at radius 1 is 1.13 bits per heavy atom. The Morgan fingerprint density at radius 3 is 2.35 bits per heavy atom. The normalized spacial score (nSPS) is 14.2. The highest BCUT2D eigenvalue weighted by atomic mass is 35.5. The molecular weight excluding hydrogens is 443 g/mol. The minimum atomic E-state index is -0.400. The minimum absolute atomic E-state index is 0.0549. The standard InChI is InChI=1S/C21H22Cl2N4O4/c1-25(13-19(28)24-20-15(22)5-4-6-16(20)23)21(29)14-9-11-26(12-10-14)17-7-2-3-8-18(17)27(30)31/h2-8,14H,9-13H2,1H3,(H,24,28). The number of benzene rings is 2. The SMILES string of the molecule is CN(CC(=O)Nc1c(Cl)cccc1Cl)C(=O)C1CCN(c2ccccc2[N+](=O)[O-])CC1. The van der Waals surface area contributed by atoms with Gasteiger partial charge in [-0.25, -0.2) is 0 Å². The van der Waals surface area contributed by atoms with E-state index < -0.39 is 10.8 Å². The van der Waals surface area contributed by atoms with Crippen LogP contribution in [-0.2, 0) is 9.59 Å². The highest BCUT2D eigenvalue weighted by Crippen LogP contribution is 2.32. The van der Waals surface area contributed by atoms with E-state index in [1.54, 1.807) is 43.4 Å². The van der Waals surface area contributed by atoms with Gasteiger partial charge in [0.1, 0.15) is 5.69 Å². The Balaban J connectivity index is 1.56. The zero-order valence-corrected chi connectivity index (χ0v) is 18.4. The second-order valence-corrected chi connectivity index (χ2v) is 8.16. The summed E-state index contributed by atoms with van der Waals surface area (Å²) >= 11 is 12.1. The van der Waals surface area contributed by atoms with Crippen molar-refractivity contribution in [2.24, 2.45) is 5.92 Å². The fourth-order valence-electron chi connectivity index (χ4n) is 3.65. The average molecular weight is 465 g/mol. The molecule has 0 aromatic heterocycles. The van der Waals surface area contributed by atoms with Gasteiger partial charge in [0.2, 0.25) is 11.8 Å². The van der Waals surface area contributed by atoms with Gasteiger partial charge in [-0.15, -0.1) is 0 Å². The lowest BCUT2D eigenvalue weighted by atomic mass is 9.95. The van der Waals surface area contributed by atoms with E-state index in [2.05, 4.69) is 5.32 Å². The molecule has 1 aliphatic rings. The molecule has 1 fully saturated rings. The van der Waals surface area contributed by atoms with Crippen LogP contribution in [0.3, 0.4) is 0 Å². The molecule has 0 atom stereocenters. The Bertz CT molecular complexity index is 973. The van der Waals surface area contributed by atoms with Crippen LogP contribution < -0.4 is 10.2 Å². The van der Waals surface area contributed by atoms with Gasteiger partial charge < -0.3 is 15.1 Å². The number of anilines is 2. The molecule has 0 bridgehead atoms. The molecule has 1 N–H and O–H groups in total. The number of hydrogen-bond donors (Lipinski definition) is 1. The quantitative estimate of drug-likeness (QED) is 0.509. The maximum atomic E-state index is 12.8. The van der Waals surface area contributed by atoms with Crippen LogP contribution in [0.2, 0.25) is 10.0 Å². The summed E-state index contributed by atoms with van der Waals surface area (Å²) in [5.41, 5.74) is 0.927. The van der Waals surface area contributed by atoms with Gasteiger partial charge in [0, 0.05) is 32.1 Å². The maximum absolute atomic E-state index is 12.8. The lowest BCUT2D eigenvalue weighted by Gasteiger charge is -2.34. The van der Waals surface area contributed by atoms with Crippen molar-refractivity contribution in [1.29, 1.82) is 0 Å². The third-order valence-electron chi connectivity index (χ3n) is 5.25. The molecule has 0 aliphatic carbocycles. The van der Waals surface area contributed by atoms with Crippen LogP contribution in [0.4, 0.5) is 17.1 Å². The summed E-state index contributed by atoms with van der Waals surface area (Å²) in [4.78, 5) is 39.3. The van der Waals surface area contributed by atoms with Crippen molar-refractivity contribution >= 4 is 52.1 Å². The van der Waals surface area contributed by atoms with E-state index in [1.165, 1.54) is 11.0 Å². The largest absolute Gasteiger partial charge is 0.366 e. The van der Waals surface area contributed by atoms with Gasteiger partial charge in [-0.2, -0.15) is 0 Å². The van der Waals surface area contributed by atoms with Gasteiger partial charge in [0.05, 0.1) is 27.2 Å². The van der Waals surface area contributed by atoms with Crippen LogP contribution >= 0.6 is 23.2 Å². The molecule has 0 saturated carbocycles. The van der Waals surface area contributed by atoms with Crippen molar-refractivity contribution in [3.8, 4) is 0 Å². The highest BCUT2D eigenvalue weighted by molar-refractivity contribution is 6.39. The fourth-order valence-corrected chi connectivity index (χ4v) is 4.15. The first-order valence-corrected chi connectivity index (χ1v) is 10.5. The highest BCUT2D eigenvalue weighted by Gasteiger charge is 2.30. The van der Waals surface area contributed by atoms with Crippen molar-refractivity contribution in [2.75, 3.05) is 36.9 Å². The number of nitrogens with zero attached hydrogens (tertiary/aromatic N) is 3. The van der Waals surface area contributed by atoms with E-state index in [9.17, 15) is 19.7 Å². The second kappa shape index (κ2) is 9.98. The van der Waals surface area contributed by atoms with E-state index in [-0.39, 0.29) is 24.1 Å². The van der Waals surface area contributed by atoms with E-state index in [0.29, 0.717) is 47.4 Å². The topological polar surface area (TPSA) is 95.8 Å². The number of carbonyl (C=O) groups excluding carboxylic acids is 2. The number of amides is 2. The zero-order valence-electron chi connectivity index (χ0n) is 16.9. The number of nitro benzene ring substituents is 1. The van der Waals surface area contributed by atoms with E-state index >= 15 is 0 Å². The van der Waals surface area contributed by atoms with Crippen LogP contribution in [0, 0.1) is 16.0 Å². The smallest absolute Gasteiger partial charge is 0.292 e. The summed E-state index contributed by atoms with van der Waals surface area (Å²) < 4.78 is 0. The number of halogens is 2. The van der Waals surface area contributed by atoms with E-state index in [0.717, 1.165) is 0 Å². The molecule has 164 valence electrons. The lowest BCUT2D eigenvalue weighted by molar-refractivity contribution is -0.384.